The molecule has 2 aromatic heterocycles. The molecule has 96 valence electrons. The number of hydrogen-bond acceptors (Lipinski definition) is 4. The number of anilines is 1. The van der Waals surface area contributed by atoms with Gasteiger partial charge in [0, 0.05) is 6.04 Å². The van der Waals surface area contributed by atoms with E-state index in [1.54, 1.807) is 17.7 Å². The molecule has 0 amide bonds. The summed E-state index contributed by atoms with van der Waals surface area (Å²) < 4.78 is 1.19. The van der Waals surface area contributed by atoms with E-state index in [2.05, 4.69) is 33.7 Å². The maximum Gasteiger partial charge on any atom is 0.147 e. The fourth-order valence-corrected chi connectivity index (χ4v) is 3.60. The molecule has 4 heteroatoms. The van der Waals surface area contributed by atoms with Gasteiger partial charge in [-0.25, -0.2) is 9.97 Å². The molecule has 1 aliphatic rings. The Labute approximate surface area is 112 Å². The molecule has 0 atom stereocenters. The van der Waals surface area contributed by atoms with Crippen LogP contribution in [0.25, 0.3) is 10.2 Å². The first-order valence-electron chi connectivity index (χ1n) is 6.81. The molecule has 2 aromatic rings. The standard InChI is InChI=1S/C14H19N3S/c1-2-10-3-5-11(6-4-10)17-14-13-12(7-8-18-13)15-9-16-14/h7-11H,2-6H2,1H3,(H,15,16,17). The van der Waals surface area contributed by atoms with Gasteiger partial charge in [0.05, 0.1) is 10.2 Å². The summed E-state index contributed by atoms with van der Waals surface area (Å²) in [6.07, 6.45) is 8.24. The third-order valence-electron chi connectivity index (χ3n) is 4.01. The first-order valence-corrected chi connectivity index (χ1v) is 7.69. The molecule has 0 aromatic carbocycles. The molecule has 3 nitrogen and oxygen atoms in total. The minimum atomic E-state index is 0.591. The highest BCUT2D eigenvalue weighted by Crippen LogP contribution is 2.30. The monoisotopic (exact) mass is 261 g/mol. The normalized spacial score (nSPS) is 24.3. The van der Waals surface area contributed by atoms with Crippen LogP contribution in [0.4, 0.5) is 5.82 Å². The van der Waals surface area contributed by atoms with Gasteiger partial charge in [0.1, 0.15) is 12.1 Å². The molecule has 0 saturated heterocycles. The van der Waals surface area contributed by atoms with Crippen molar-refractivity contribution < 1.29 is 0 Å². The zero-order valence-electron chi connectivity index (χ0n) is 10.7. The summed E-state index contributed by atoms with van der Waals surface area (Å²) in [4.78, 5) is 8.68. The van der Waals surface area contributed by atoms with Crippen LogP contribution in [0.2, 0.25) is 0 Å². The van der Waals surface area contributed by atoms with Crippen LogP contribution in [-0.2, 0) is 0 Å². The van der Waals surface area contributed by atoms with Gasteiger partial charge in [0.25, 0.3) is 0 Å². The molecular formula is C14H19N3S. The number of hydrogen-bond donors (Lipinski definition) is 1. The van der Waals surface area contributed by atoms with Crippen molar-refractivity contribution in [1.82, 2.24) is 9.97 Å². The Kier molecular flexibility index (Phi) is 3.46. The third-order valence-corrected chi connectivity index (χ3v) is 4.92. The Balaban J connectivity index is 1.71. The fraction of sp³-hybridized carbons (Fsp3) is 0.571. The van der Waals surface area contributed by atoms with E-state index in [9.17, 15) is 0 Å². The molecule has 0 radical (unpaired) electrons. The maximum atomic E-state index is 4.40. The van der Waals surface area contributed by atoms with Gasteiger partial charge in [-0.05, 0) is 43.0 Å². The first-order chi connectivity index (χ1) is 8.86. The summed E-state index contributed by atoms with van der Waals surface area (Å²) in [6, 6.07) is 2.65. The van der Waals surface area contributed by atoms with Gasteiger partial charge < -0.3 is 5.32 Å². The number of fused-ring (bicyclic) bond motifs is 1. The number of rotatable bonds is 3. The minimum absolute atomic E-state index is 0.591. The molecule has 0 spiro atoms. The van der Waals surface area contributed by atoms with E-state index in [1.165, 1.54) is 36.8 Å². The van der Waals surface area contributed by atoms with Crippen molar-refractivity contribution in [2.45, 2.75) is 45.1 Å². The lowest BCUT2D eigenvalue weighted by molar-refractivity contribution is 0.330. The topological polar surface area (TPSA) is 37.8 Å². The van der Waals surface area contributed by atoms with Crippen LogP contribution in [-0.4, -0.2) is 16.0 Å². The zero-order chi connectivity index (χ0) is 12.4. The Morgan fingerprint density at radius 2 is 2.11 bits per heavy atom. The number of thiophene rings is 1. The van der Waals surface area contributed by atoms with E-state index >= 15 is 0 Å². The van der Waals surface area contributed by atoms with E-state index in [4.69, 9.17) is 0 Å². The van der Waals surface area contributed by atoms with E-state index in [1.807, 2.05) is 0 Å². The van der Waals surface area contributed by atoms with Crippen molar-refractivity contribution in [3.63, 3.8) is 0 Å². The lowest BCUT2D eigenvalue weighted by Crippen LogP contribution is -2.26. The average molecular weight is 261 g/mol. The van der Waals surface area contributed by atoms with Gasteiger partial charge in [-0.1, -0.05) is 13.3 Å². The second kappa shape index (κ2) is 5.22. The van der Waals surface area contributed by atoms with Crippen molar-refractivity contribution >= 4 is 27.4 Å². The maximum absolute atomic E-state index is 4.40. The number of nitrogens with one attached hydrogen (secondary N) is 1. The summed E-state index contributed by atoms with van der Waals surface area (Å²) in [5.41, 5.74) is 1.06. The van der Waals surface area contributed by atoms with Crippen molar-refractivity contribution in [2.75, 3.05) is 5.32 Å². The van der Waals surface area contributed by atoms with E-state index in [-0.39, 0.29) is 0 Å². The van der Waals surface area contributed by atoms with Gasteiger partial charge in [-0.15, -0.1) is 11.3 Å². The molecule has 1 N–H and O–H groups in total. The molecule has 1 aliphatic carbocycles. The zero-order valence-corrected chi connectivity index (χ0v) is 11.5. The van der Waals surface area contributed by atoms with Gasteiger partial charge in [-0.2, -0.15) is 0 Å². The molecule has 0 aliphatic heterocycles. The molecular weight excluding hydrogens is 242 g/mol. The number of aromatic nitrogens is 2. The van der Waals surface area contributed by atoms with Crippen LogP contribution in [0.15, 0.2) is 17.8 Å². The van der Waals surface area contributed by atoms with Crippen LogP contribution in [0.5, 0.6) is 0 Å². The Hall–Kier alpha value is -1.16. The van der Waals surface area contributed by atoms with Crippen molar-refractivity contribution in [1.29, 1.82) is 0 Å². The molecule has 3 rings (SSSR count). The molecule has 18 heavy (non-hydrogen) atoms. The van der Waals surface area contributed by atoms with Crippen LogP contribution < -0.4 is 5.32 Å². The average Bonchev–Trinajstić information content (AvgIpc) is 2.89. The Morgan fingerprint density at radius 3 is 2.89 bits per heavy atom. The van der Waals surface area contributed by atoms with Crippen molar-refractivity contribution in [3.05, 3.63) is 17.8 Å². The van der Waals surface area contributed by atoms with Gasteiger partial charge in [-0.3, -0.25) is 0 Å². The predicted molar refractivity (Wildman–Crippen MR) is 77.1 cm³/mol. The van der Waals surface area contributed by atoms with Gasteiger partial charge in [0.15, 0.2) is 0 Å². The second-order valence-corrected chi connectivity index (χ2v) is 6.04. The summed E-state index contributed by atoms with van der Waals surface area (Å²) in [7, 11) is 0. The second-order valence-electron chi connectivity index (χ2n) is 5.13. The van der Waals surface area contributed by atoms with Crippen LogP contribution in [0, 0.1) is 5.92 Å². The highest BCUT2D eigenvalue weighted by molar-refractivity contribution is 7.17. The molecule has 2 heterocycles. The van der Waals surface area contributed by atoms with Crippen molar-refractivity contribution in [3.8, 4) is 0 Å². The van der Waals surface area contributed by atoms with Gasteiger partial charge >= 0.3 is 0 Å². The SMILES string of the molecule is CCC1CCC(Nc2ncnc3ccsc23)CC1. The summed E-state index contributed by atoms with van der Waals surface area (Å²) >= 11 is 1.72. The first kappa shape index (κ1) is 11.9. The molecule has 0 unspecified atom stereocenters. The summed E-state index contributed by atoms with van der Waals surface area (Å²) in [6.45, 7) is 2.30. The van der Waals surface area contributed by atoms with Gasteiger partial charge in [0.2, 0.25) is 0 Å². The molecule has 1 fully saturated rings. The van der Waals surface area contributed by atoms with Crippen LogP contribution >= 0.6 is 11.3 Å². The highest BCUT2D eigenvalue weighted by atomic mass is 32.1. The third kappa shape index (κ3) is 2.34. The predicted octanol–water partition coefficient (Wildman–Crippen LogP) is 4.07. The highest BCUT2D eigenvalue weighted by Gasteiger charge is 2.20. The van der Waals surface area contributed by atoms with E-state index in [0.29, 0.717) is 6.04 Å². The van der Waals surface area contributed by atoms with Crippen molar-refractivity contribution in [2.24, 2.45) is 5.92 Å². The number of nitrogens with zero attached hydrogens (tertiary/aromatic N) is 2. The summed E-state index contributed by atoms with van der Waals surface area (Å²) in [5, 5.41) is 5.70. The fourth-order valence-electron chi connectivity index (χ4n) is 2.80. The van der Waals surface area contributed by atoms with Crippen LogP contribution in [0.3, 0.4) is 0 Å². The van der Waals surface area contributed by atoms with E-state index < -0.39 is 0 Å². The quantitative estimate of drug-likeness (QED) is 0.905. The lowest BCUT2D eigenvalue weighted by atomic mass is 9.84. The largest absolute Gasteiger partial charge is 0.366 e. The van der Waals surface area contributed by atoms with Crippen LogP contribution in [0.1, 0.15) is 39.0 Å². The van der Waals surface area contributed by atoms with E-state index in [0.717, 1.165) is 17.3 Å². The molecule has 0 bridgehead atoms. The smallest absolute Gasteiger partial charge is 0.147 e. The molecule has 1 saturated carbocycles. The summed E-state index contributed by atoms with van der Waals surface area (Å²) in [5.74, 6) is 1.96. The minimum Gasteiger partial charge on any atom is -0.366 e. The lowest BCUT2D eigenvalue weighted by Gasteiger charge is -2.28. The Bertz CT molecular complexity index is 514. The Morgan fingerprint density at radius 1 is 1.28 bits per heavy atom.